The molecule has 3 aromatic rings. The molecule has 7 heteroatoms. The van der Waals surface area contributed by atoms with Crippen LogP contribution in [-0.4, -0.2) is 24.6 Å². The van der Waals surface area contributed by atoms with Crippen molar-refractivity contribution in [2.24, 2.45) is 0 Å². The van der Waals surface area contributed by atoms with Crippen molar-refractivity contribution >= 4 is 11.7 Å². The summed E-state index contributed by atoms with van der Waals surface area (Å²) in [6, 6.07) is 21.2. The Labute approximate surface area is 167 Å². The maximum Gasteiger partial charge on any atom is 0.349 e. The van der Waals surface area contributed by atoms with E-state index in [1.165, 1.54) is 25.3 Å². The molecule has 0 aromatic heterocycles. The molecule has 0 amide bonds. The summed E-state index contributed by atoms with van der Waals surface area (Å²) in [5.74, 6) is -0.0603. The fraction of sp³-hybridized carbons (Fsp3) is 0.136. The van der Waals surface area contributed by atoms with Crippen molar-refractivity contribution in [2.45, 2.75) is 6.42 Å². The lowest BCUT2D eigenvalue weighted by Gasteiger charge is -2.11. The number of benzene rings is 3. The Balaban J connectivity index is 1.67. The Morgan fingerprint density at radius 1 is 0.966 bits per heavy atom. The molecule has 0 radical (unpaired) electrons. The average molecular weight is 393 g/mol. The number of carbonyl (C=O) groups is 1. The highest BCUT2D eigenvalue weighted by molar-refractivity contribution is 5.75. The van der Waals surface area contributed by atoms with Crippen LogP contribution in [0.1, 0.15) is 11.1 Å². The molecular weight excluding hydrogens is 374 g/mol. The molecule has 0 aliphatic heterocycles. The van der Waals surface area contributed by atoms with Crippen molar-refractivity contribution in [1.29, 1.82) is 0 Å². The van der Waals surface area contributed by atoms with Crippen LogP contribution in [-0.2, 0) is 11.2 Å². The highest BCUT2D eigenvalue weighted by atomic mass is 16.6. The van der Waals surface area contributed by atoms with Crippen LogP contribution in [0.15, 0.2) is 72.8 Å². The van der Waals surface area contributed by atoms with Gasteiger partial charge in [0.25, 0.3) is 0 Å². The molecular formula is C22H19NO6. The minimum Gasteiger partial charge on any atom is -0.496 e. The normalized spacial score (nSPS) is 10.2. The zero-order chi connectivity index (χ0) is 20.6. The Kier molecular flexibility index (Phi) is 6.42. The Morgan fingerprint density at radius 3 is 2.41 bits per heavy atom. The monoisotopic (exact) mass is 393 g/mol. The number of nitro groups is 1. The predicted octanol–water partition coefficient (Wildman–Crippen LogP) is 4.18. The van der Waals surface area contributed by atoms with E-state index in [4.69, 9.17) is 14.2 Å². The quantitative estimate of drug-likeness (QED) is 0.247. The molecule has 148 valence electrons. The number of nitro benzene ring substituents is 1. The van der Waals surface area contributed by atoms with Crippen molar-refractivity contribution in [3.63, 3.8) is 0 Å². The van der Waals surface area contributed by atoms with Gasteiger partial charge in [0.2, 0.25) is 5.75 Å². The van der Waals surface area contributed by atoms with E-state index in [0.29, 0.717) is 17.9 Å². The second-order valence-electron chi connectivity index (χ2n) is 6.12. The van der Waals surface area contributed by atoms with Gasteiger partial charge >= 0.3 is 11.7 Å². The summed E-state index contributed by atoms with van der Waals surface area (Å²) in [6.07, 6.45) is 0.649. The first-order valence-corrected chi connectivity index (χ1v) is 8.84. The standard InChI is InChI=1S/C22H19NO6/c1-27-18-11-12-21(19(14-18)23(25)26)29-22(24)15-28-20-10-6-5-9-17(20)13-16-7-3-2-4-8-16/h2-12,14H,13,15H2,1H3. The van der Waals surface area contributed by atoms with Crippen LogP contribution in [0.4, 0.5) is 5.69 Å². The number of hydrogen-bond donors (Lipinski definition) is 0. The molecule has 0 fully saturated rings. The Bertz CT molecular complexity index is 1000. The van der Waals surface area contributed by atoms with Crippen molar-refractivity contribution in [2.75, 3.05) is 13.7 Å². The van der Waals surface area contributed by atoms with Crippen LogP contribution in [0, 0.1) is 10.1 Å². The minimum atomic E-state index is -0.743. The number of esters is 1. The van der Waals surface area contributed by atoms with E-state index in [9.17, 15) is 14.9 Å². The van der Waals surface area contributed by atoms with Gasteiger partial charge in [-0.3, -0.25) is 10.1 Å². The van der Waals surface area contributed by atoms with Crippen LogP contribution in [0.3, 0.4) is 0 Å². The smallest absolute Gasteiger partial charge is 0.349 e. The summed E-state index contributed by atoms with van der Waals surface area (Å²) in [4.78, 5) is 22.7. The van der Waals surface area contributed by atoms with Crippen LogP contribution in [0.5, 0.6) is 17.2 Å². The first-order chi connectivity index (χ1) is 14.1. The predicted molar refractivity (Wildman–Crippen MR) is 106 cm³/mol. The van der Waals surface area contributed by atoms with Crippen molar-refractivity contribution in [1.82, 2.24) is 0 Å². The van der Waals surface area contributed by atoms with Gasteiger partial charge in [-0.05, 0) is 29.3 Å². The van der Waals surface area contributed by atoms with Gasteiger partial charge in [-0.2, -0.15) is 0 Å². The lowest BCUT2D eigenvalue weighted by molar-refractivity contribution is -0.385. The van der Waals surface area contributed by atoms with Gasteiger partial charge in [0.15, 0.2) is 6.61 Å². The first kappa shape index (κ1) is 19.9. The lowest BCUT2D eigenvalue weighted by atomic mass is 10.0. The number of methoxy groups -OCH3 is 1. The molecule has 0 spiro atoms. The van der Waals surface area contributed by atoms with Gasteiger partial charge in [0, 0.05) is 6.42 Å². The van der Waals surface area contributed by atoms with E-state index in [0.717, 1.165) is 11.1 Å². The number of ether oxygens (including phenoxy) is 3. The largest absolute Gasteiger partial charge is 0.496 e. The molecule has 0 saturated carbocycles. The third-order valence-electron chi connectivity index (χ3n) is 4.14. The lowest BCUT2D eigenvalue weighted by Crippen LogP contribution is -2.18. The number of para-hydroxylation sites is 1. The number of carbonyl (C=O) groups excluding carboxylic acids is 1. The Hall–Kier alpha value is -3.87. The van der Waals surface area contributed by atoms with Crippen LogP contribution < -0.4 is 14.2 Å². The molecule has 29 heavy (non-hydrogen) atoms. The molecule has 0 N–H and O–H groups in total. The number of nitrogens with zero attached hydrogens (tertiary/aromatic N) is 1. The third kappa shape index (κ3) is 5.32. The third-order valence-corrected chi connectivity index (χ3v) is 4.14. The van der Waals surface area contributed by atoms with E-state index in [-0.39, 0.29) is 18.0 Å². The molecule has 3 aromatic carbocycles. The molecule has 7 nitrogen and oxygen atoms in total. The fourth-order valence-electron chi connectivity index (χ4n) is 2.75. The van der Waals surface area contributed by atoms with E-state index in [1.807, 2.05) is 48.5 Å². The first-order valence-electron chi connectivity index (χ1n) is 8.84. The maximum atomic E-state index is 12.2. The van der Waals surface area contributed by atoms with Crippen molar-refractivity contribution < 1.29 is 23.9 Å². The van der Waals surface area contributed by atoms with E-state index in [1.54, 1.807) is 6.07 Å². The fourth-order valence-corrected chi connectivity index (χ4v) is 2.75. The molecule has 0 unspecified atom stereocenters. The highest BCUT2D eigenvalue weighted by Crippen LogP contribution is 2.31. The number of hydrogen-bond acceptors (Lipinski definition) is 6. The van der Waals surface area contributed by atoms with E-state index < -0.39 is 10.9 Å². The molecule has 0 atom stereocenters. The minimum absolute atomic E-state index is 0.165. The summed E-state index contributed by atoms with van der Waals surface area (Å²) in [7, 11) is 1.39. The zero-order valence-electron chi connectivity index (χ0n) is 15.7. The van der Waals surface area contributed by atoms with E-state index in [2.05, 4.69) is 0 Å². The average Bonchev–Trinajstić information content (AvgIpc) is 2.74. The van der Waals surface area contributed by atoms with Gasteiger partial charge in [0.1, 0.15) is 11.5 Å². The highest BCUT2D eigenvalue weighted by Gasteiger charge is 2.20. The molecule has 3 rings (SSSR count). The van der Waals surface area contributed by atoms with Crippen LogP contribution >= 0.6 is 0 Å². The summed E-state index contributed by atoms with van der Waals surface area (Å²) in [5, 5.41) is 11.2. The van der Waals surface area contributed by atoms with Crippen molar-refractivity contribution in [3.05, 3.63) is 94.0 Å². The summed E-state index contributed by atoms with van der Waals surface area (Å²) in [5.41, 5.74) is 1.67. The van der Waals surface area contributed by atoms with Gasteiger partial charge in [-0.15, -0.1) is 0 Å². The molecule has 0 aliphatic carbocycles. The van der Waals surface area contributed by atoms with Crippen LogP contribution in [0.2, 0.25) is 0 Å². The Morgan fingerprint density at radius 2 is 1.69 bits per heavy atom. The van der Waals surface area contributed by atoms with Gasteiger partial charge in [0.05, 0.1) is 18.1 Å². The van der Waals surface area contributed by atoms with Gasteiger partial charge in [-0.1, -0.05) is 48.5 Å². The van der Waals surface area contributed by atoms with E-state index >= 15 is 0 Å². The van der Waals surface area contributed by atoms with Crippen LogP contribution in [0.25, 0.3) is 0 Å². The molecule has 0 heterocycles. The van der Waals surface area contributed by atoms with Gasteiger partial charge in [-0.25, -0.2) is 4.79 Å². The van der Waals surface area contributed by atoms with Crippen molar-refractivity contribution in [3.8, 4) is 17.2 Å². The van der Waals surface area contributed by atoms with Gasteiger partial charge < -0.3 is 14.2 Å². The SMILES string of the molecule is COc1ccc(OC(=O)COc2ccccc2Cc2ccccc2)c([N+](=O)[O-])c1. The maximum absolute atomic E-state index is 12.2. The second kappa shape index (κ2) is 9.36. The topological polar surface area (TPSA) is 87.9 Å². The summed E-state index contributed by atoms with van der Waals surface area (Å²) in [6.45, 7) is -0.380. The molecule has 0 aliphatic rings. The summed E-state index contributed by atoms with van der Waals surface area (Å²) < 4.78 is 15.7. The number of rotatable bonds is 8. The molecule has 0 bridgehead atoms. The molecule has 0 saturated heterocycles. The second-order valence-corrected chi connectivity index (χ2v) is 6.12. The summed E-state index contributed by atoms with van der Waals surface area (Å²) >= 11 is 0. The zero-order valence-corrected chi connectivity index (χ0v) is 15.7.